The third-order valence-electron chi connectivity index (χ3n) is 8.68. The summed E-state index contributed by atoms with van der Waals surface area (Å²) in [5, 5.41) is 3.52. The Labute approximate surface area is 308 Å². The molecule has 1 radical (unpaired) electrons. The number of furan rings is 1. The molecule has 4 aromatic heterocycles. The zero-order chi connectivity index (χ0) is 34.0. The first-order valence-electron chi connectivity index (χ1n) is 16.9. The standard InChI is InChI=1S/C25H16N3O.C18H24NSi.Ir/c1-2-8-17(9-3-1)16-28-22-14-5-4-13-21(22)27-24(28)20-11-6-10-18-19-12-7-15-26-25(19)29-23(18)20;1-14(2)11-16-12-17(15-9-7-6-8-10-15)19-13-18(16)20(3,4)5;/h1-10,12-15H,16H2;6-9,12-14H,11H2,1-5H3;/q2*-1;. The number of hydrogen-bond acceptors (Lipinski definition) is 4. The molecule has 4 heterocycles. The molecule has 0 N–H and O–H groups in total. The van der Waals surface area contributed by atoms with Gasteiger partial charge < -0.3 is 14.0 Å². The number of hydrogen-bond donors (Lipinski definition) is 0. The molecule has 0 bridgehead atoms. The molecule has 5 nitrogen and oxygen atoms in total. The zero-order valence-corrected chi connectivity index (χ0v) is 32.5. The second kappa shape index (κ2) is 15.1. The van der Waals surface area contributed by atoms with E-state index in [0.717, 1.165) is 63.0 Å². The van der Waals surface area contributed by atoms with Gasteiger partial charge in [0.15, 0.2) is 0 Å². The van der Waals surface area contributed by atoms with Crippen molar-refractivity contribution in [2.24, 2.45) is 5.92 Å². The van der Waals surface area contributed by atoms with E-state index >= 15 is 0 Å². The molecule has 0 atom stereocenters. The van der Waals surface area contributed by atoms with E-state index in [0.29, 0.717) is 11.6 Å². The Bertz CT molecular complexity index is 2360. The van der Waals surface area contributed by atoms with E-state index in [1.165, 1.54) is 16.3 Å². The fourth-order valence-electron chi connectivity index (χ4n) is 6.42. The molecule has 0 saturated heterocycles. The van der Waals surface area contributed by atoms with Crippen molar-refractivity contribution in [1.82, 2.24) is 19.5 Å². The van der Waals surface area contributed by atoms with Gasteiger partial charge in [0.2, 0.25) is 5.71 Å². The SMILES string of the molecule is CC(C)Cc1cc(-c2[c-]cccc2)ncc1[Si](C)(C)C.[Ir].[c-]1ccc2c(oc3ncccc32)c1-c1nc2ccccc2n1Cc1ccccc1. The molecule has 8 aromatic rings. The van der Waals surface area contributed by atoms with Crippen LogP contribution in [0.3, 0.4) is 0 Å². The van der Waals surface area contributed by atoms with Crippen LogP contribution in [0.2, 0.25) is 19.6 Å². The number of imidazole rings is 1. The third kappa shape index (κ3) is 7.41. The van der Waals surface area contributed by atoms with Crippen LogP contribution >= 0.6 is 0 Å². The summed E-state index contributed by atoms with van der Waals surface area (Å²) in [7, 11) is -1.34. The van der Waals surface area contributed by atoms with E-state index in [4.69, 9.17) is 9.40 Å². The maximum Gasteiger partial charge on any atom is 0.216 e. The molecule has 50 heavy (non-hydrogen) atoms. The van der Waals surface area contributed by atoms with Crippen molar-refractivity contribution in [3.63, 3.8) is 0 Å². The van der Waals surface area contributed by atoms with Crippen LogP contribution in [-0.2, 0) is 33.1 Å². The van der Waals surface area contributed by atoms with Gasteiger partial charge in [0.25, 0.3) is 0 Å². The first-order valence-corrected chi connectivity index (χ1v) is 20.4. The molecule has 0 saturated carbocycles. The molecule has 7 heteroatoms. The van der Waals surface area contributed by atoms with E-state index in [1.807, 2.05) is 66.7 Å². The molecule has 0 aliphatic carbocycles. The largest absolute Gasteiger partial charge is 0.486 e. The van der Waals surface area contributed by atoms with Crippen LogP contribution in [0.5, 0.6) is 0 Å². The summed E-state index contributed by atoms with van der Waals surface area (Å²) >= 11 is 0. The van der Waals surface area contributed by atoms with Gasteiger partial charge in [-0.15, -0.1) is 54.1 Å². The molecular weight excluding hydrogens is 809 g/mol. The Balaban J connectivity index is 0.000000182. The van der Waals surface area contributed by atoms with Crippen LogP contribution in [-0.4, -0.2) is 27.6 Å². The van der Waals surface area contributed by atoms with Gasteiger partial charge in [-0.25, -0.2) is 4.98 Å². The number of rotatable bonds is 7. The molecule has 0 unspecified atom stereocenters. The minimum Gasteiger partial charge on any atom is -0.486 e. The molecule has 4 aromatic carbocycles. The Morgan fingerprint density at radius 1 is 0.800 bits per heavy atom. The Hall–Kier alpha value is -4.68. The van der Waals surface area contributed by atoms with Crippen molar-refractivity contribution in [3.8, 4) is 22.6 Å². The van der Waals surface area contributed by atoms with Crippen LogP contribution in [0.1, 0.15) is 25.0 Å². The second-order valence-corrected chi connectivity index (χ2v) is 18.9. The monoisotopic (exact) mass is 849 g/mol. The van der Waals surface area contributed by atoms with Crippen LogP contribution in [0, 0.1) is 18.1 Å². The topological polar surface area (TPSA) is 56.7 Å². The molecule has 0 aliphatic rings. The summed E-state index contributed by atoms with van der Waals surface area (Å²) in [6.07, 6.45) is 4.99. The maximum absolute atomic E-state index is 6.14. The number of benzene rings is 4. The Morgan fingerprint density at radius 2 is 1.58 bits per heavy atom. The minimum absolute atomic E-state index is 0. The van der Waals surface area contributed by atoms with Crippen molar-refractivity contribution >= 4 is 46.4 Å². The fraction of sp³-hybridized carbons (Fsp3) is 0.186. The molecule has 0 spiro atoms. The van der Waals surface area contributed by atoms with Crippen molar-refractivity contribution < 1.29 is 24.5 Å². The minimum atomic E-state index is -1.34. The van der Waals surface area contributed by atoms with Crippen LogP contribution in [0.15, 0.2) is 126 Å². The Morgan fingerprint density at radius 3 is 2.34 bits per heavy atom. The van der Waals surface area contributed by atoms with E-state index in [2.05, 4.69) is 109 Å². The van der Waals surface area contributed by atoms with Gasteiger partial charge in [0, 0.05) is 44.4 Å². The quantitative estimate of drug-likeness (QED) is 0.118. The summed E-state index contributed by atoms with van der Waals surface area (Å²) in [4.78, 5) is 14.0. The van der Waals surface area contributed by atoms with E-state index in [-0.39, 0.29) is 20.1 Å². The molecular formula is C43H40IrN4OSi-2. The Kier molecular flexibility index (Phi) is 10.6. The fourth-order valence-corrected chi connectivity index (χ4v) is 8.01. The molecule has 253 valence electrons. The van der Waals surface area contributed by atoms with E-state index in [1.54, 1.807) is 6.20 Å². The predicted octanol–water partition coefficient (Wildman–Crippen LogP) is 10.1. The summed E-state index contributed by atoms with van der Waals surface area (Å²) in [6, 6.07) is 43.5. The average Bonchev–Trinajstić information content (AvgIpc) is 3.67. The predicted molar refractivity (Wildman–Crippen MR) is 205 cm³/mol. The van der Waals surface area contributed by atoms with Gasteiger partial charge in [-0.1, -0.05) is 98.5 Å². The number of para-hydroxylation sites is 2. The molecule has 0 amide bonds. The normalized spacial score (nSPS) is 11.5. The van der Waals surface area contributed by atoms with Gasteiger partial charge in [0.05, 0.1) is 30.5 Å². The first-order chi connectivity index (χ1) is 23.8. The second-order valence-electron chi connectivity index (χ2n) is 13.9. The van der Waals surface area contributed by atoms with Gasteiger partial charge in [-0.2, -0.15) is 0 Å². The van der Waals surface area contributed by atoms with Gasteiger partial charge >= 0.3 is 0 Å². The van der Waals surface area contributed by atoms with Crippen LogP contribution in [0.4, 0.5) is 0 Å². The maximum atomic E-state index is 6.14. The number of pyridine rings is 2. The smallest absolute Gasteiger partial charge is 0.216 e. The summed E-state index contributed by atoms with van der Waals surface area (Å²) in [5.41, 5.74) is 9.12. The summed E-state index contributed by atoms with van der Waals surface area (Å²) in [6.45, 7) is 12.5. The summed E-state index contributed by atoms with van der Waals surface area (Å²) < 4.78 is 8.38. The number of fused-ring (bicyclic) bond motifs is 4. The van der Waals surface area contributed by atoms with E-state index in [9.17, 15) is 0 Å². The van der Waals surface area contributed by atoms with E-state index < -0.39 is 8.07 Å². The van der Waals surface area contributed by atoms with Crippen molar-refractivity contribution in [1.29, 1.82) is 0 Å². The van der Waals surface area contributed by atoms with Crippen molar-refractivity contribution in [3.05, 3.63) is 145 Å². The third-order valence-corrected chi connectivity index (χ3v) is 10.7. The van der Waals surface area contributed by atoms with Crippen LogP contribution < -0.4 is 5.19 Å². The summed E-state index contributed by atoms with van der Waals surface area (Å²) in [5.74, 6) is 1.51. The van der Waals surface area contributed by atoms with Gasteiger partial charge in [-0.05, 0) is 53.0 Å². The van der Waals surface area contributed by atoms with Gasteiger partial charge in [-0.3, -0.25) is 4.98 Å². The average molecular weight is 849 g/mol. The molecule has 0 fully saturated rings. The first kappa shape index (κ1) is 35.2. The van der Waals surface area contributed by atoms with Gasteiger partial charge in [0.1, 0.15) is 0 Å². The number of aromatic nitrogens is 4. The molecule has 8 rings (SSSR count). The molecule has 0 aliphatic heterocycles. The van der Waals surface area contributed by atoms with Crippen molar-refractivity contribution in [2.75, 3.05) is 0 Å². The van der Waals surface area contributed by atoms with Crippen molar-refractivity contribution in [2.45, 2.75) is 46.5 Å². The zero-order valence-electron chi connectivity index (χ0n) is 29.1. The number of nitrogens with zero attached hydrogens (tertiary/aromatic N) is 4. The van der Waals surface area contributed by atoms with Crippen LogP contribution in [0.25, 0.3) is 55.7 Å².